The van der Waals surface area contributed by atoms with Gasteiger partial charge in [-0.2, -0.15) is 0 Å². The number of carbonyl (C=O) groups excluding carboxylic acids is 1. The fourth-order valence-electron chi connectivity index (χ4n) is 2.23. The van der Waals surface area contributed by atoms with Crippen molar-refractivity contribution < 1.29 is 9.53 Å². The number of hydrogen-bond acceptors (Lipinski definition) is 4. The summed E-state index contributed by atoms with van der Waals surface area (Å²) in [6, 6.07) is 5.31. The molecule has 0 aliphatic rings. The van der Waals surface area contributed by atoms with E-state index < -0.39 is 12.1 Å². The lowest BCUT2D eigenvalue weighted by Gasteiger charge is -2.23. The number of benzene rings is 1. The van der Waals surface area contributed by atoms with Crippen LogP contribution in [-0.4, -0.2) is 18.0 Å². The summed E-state index contributed by atoms with van der Waals surface area (Å²) < 4.78 is 4.56. The van der Waals surface area contributed by atoms with Crippen LogP contribution >= 0.6 is 0 Å². The van der Waals surface area contributed by atoms with Crippen LogP contribution in [0.15, 0.2) is 18.2 Å². The van der Waals surface area contributed by atoms with E-state index in [-0.39, 0.29) is 11.8 Å². The van der Waals surface area contributed by atoms with Gasteiger partial charge in [-0.3, -0.25) is 5.41 Å². The zero-order valence-corrected chi connectivity index (χ0v) is 11.6. The Morgan fingerprint density at radius 3 is 2.63 bits per heavy atom. The Morgan fingerprint density at radius 1 is 1.47 bits per heavy atom. The number of ether oxygens (including phenoxy) is 1. The number of nitrogens with one attached hydrogen (secondary N) is 1. The van der Waals surface area contributed by atoms with Crippen LogP contribution in [0, 0.1) is 12.3 Å². The van der Waals surface area contributed by atoms with Crippen LogP contribution in [0.5, 0.6) is 0 Å². The molecule has 0 saturated carbocycles. The Kier molecular flexibility index (Phi) is 5.06. The topological polar surface area (TPSA) is 102 Å². The van der Waals surface area contributed by atoms with Crippen LogP contribution in [0.2, 0.25) is 0 Å². The molecule has 104 valence electrons. The summed E-state index contributed by atoms with van der Waals surface area (Å²) in [5, 5.41) is 7.64. The van der Waals surface area contributed by atoms with E-state index in [1.54, 1.807) is 0 Å². The van der Waals surface area contributed by atoms with E-state index in [2.05, 4.69) is 11.7 Å². The first kappa shape index (κ1) is 15.2. The van der Waals surface area contributed by atoms with E-state index in [1.165, 1.54) is 11.1 Å². The van der Waals surface area contributed by atoms with Gasteiger partial charge in [0.1, 0.15) is 0 Å². The molecule has 1 aromatic carbocycles. The van der Waals surface area contributed by atoms with Crippen molar-refractivity contribution in [3.63, 3.8) is 0 Å². The molecule has 0 aliphatic heterocycles. The van der Waals surface area contributed by atoms with Crippen LogP contribution in [0.4, 0.5) is 4.79 Å². The molecule has 0 radical (unpaired) electrons. The van der Waals surface area contributed by atoms with Crippen LogP contribution in [-0.2, 0) is 11.2 Å². The highest BCUT2D eigenvalue weighted by Gasteiger charge is 2.24. The van der Waals surface area contributed by atoms with Crippen molar-refractivity contribution in [1.29, 1.82) is 5.41 Å². The Balaban J connectivity index is 3.00. The van der Waals surface area contributed by atoms with Crippen molar-refractivity contribution in [2.75, 3.05) is 0 Å². The third-order valence-corrected chi connectivity index (χ3v) is 3.34. The number of carbonyl (C=O) groups is 1. The molecule has 0 spiro atoms. The smallest absolute Gasteiger partial charge is 0.394 e. The van der Waals surface area contributed by atoms with Gasteiger partial charge in [0, 0.05) is 5.92 Å². The largest absolute Gasteiger partial charge is 0.411 e. The number of amides is 1. The van der Waals surface area contributed by atoms with Gasteiger partial charge in [-0.25, -0.2) is 4.79 Å². The molecule has 0 saturated heterocycles. The standard InChI is InChI=1S/C14H21N3O2/c1-4-10-8(2)6-5-7-11(10)9(3)12(15)13(16)19-14(17)18/h5-7,9,12,16H,4,15H2,1-3H3,(H2,17,18). The summed E-state index contributed by atoms with van der Waals surface area (Å²) >= 11 is 0. The number of nitrogens with two attached hydrogens (primary N) is 2. The van der Waals surface area contributed by atoms with Gasteiger partial charge in [0.2, 0.25) is 5.90 Å². The molecule has 0 aliphatic carbocycles. The molecule has 0 fully saturated rings. The van der Waals surface area contributed by atoms with Crippen molar-refractivity contribution in [3.05, 3.63) is 34.9 Å². The van der Waals surface area contributed by atoms with E-state index in [4.69, 9.17) is 16.9 Å². The molecule has 1 aromatic rings. The van der Waals surface area contributed by atoms with Crippen molar-refractivity contribution >= 4 is 12.0 Å². The highest BCUT2D eigenvalue weighted by atomic mass is 16.6. The van der Waals surface area contributed by atoms with Crippen LogP contribution in [0.25, 0.3) is 0 Å². The Hall–Kier alpha value is -1.88. The van der Waals surface area contributed by atoms with Gasteiger partial charge < -0.3 is 16.2 Å². The average Bonchev–Trinajstić information content (AvgIpc) is 2.35. The van der Waals surface area contributed by atoms with Crippen molar-refractivity contribution in [1.82, 2.24) is 0 Å². The monoisotopic (exact) mass is 263 g/mol. The minimum absolute atomic E-state index is 0.123. The highest BCUT2D eigenvalue weighted by Crippen LogP contribution is 2.25. The summed E-state index contributed by atoms with van der Waals surface area (Å²) in [5.74, 6) is -0.426. The van der Waals surface area contributed by atoms with E-state index in [0.29, 0.717) is 0 Å². The normalized spacial score (nSPS) is 13.7. The van der Waals surface area contributed by atoms with Gasteiger partial charge in [0.15, 0.2) is 0 Å². The van der Waals surface area contributed by atoms with E-state index in [9.17, 15) is 4.79 Å². The van der Waals surface area contributed by atoms with Gasteiger partial charge in [0.05, 0.1) is 6.04 Å². The molecule has 0 aromatic heterocycles. The fraction of sp³-hybridized carbons (Fsp3) is 0.429. The molecule has 1 amide bonds. The zero-order chi connectivity index (χ0) is 14.6. The summed E-state index contributed by atoms with van der Waals surface area (Å²) in [4.78, 5) is 10.7. The predicted octanol–water partition coefficient (Wildman–Crippen LogP) is 2.06. The number of hydrogen-bond donors (Lipinski definition) is 3. The third-order valence-electron chi connectivity index (χ3n) is 3.34. The molecule has 5 N–H and O–H groups in total. The average molecular weight is 263 g/mol. The summed E-state index contributed by atoms with van der Waals surface area (Å²) in [6.07, 6.45) is -0.115. The minimum Gasteiger partial charge on any atom is -0.394 e. The molecular formula is C14H21N3O2. The van der Waals surface area contributed by atoms with Crippen molar-refractivity contribution in [2.45, 2.75) is 39.2 Å². The van der Waals surface area contributed by atoms with Gasteiger partial charge >= 0.3 is 6.09 Å². The summed E-state index contributed by atoms with van der Waals surface area (Å²) in [6.45, 7) is 6.04. The maximum Gasteiger partial charge on any atom is 0.411 e. The third kappa shape index (κ3) is 3.54. The van der Waals surface area contributed by atoms with Crippen molar-refractivity contribution in [2.24, 2.45) is 11.5 Å². The fourth-order valence-corrected chi connectivity index (χ4v) is 2.23. The predicted molar refractivity (Wildman–Crippen MR) is 75.3 cm³/mol. The molecule has 0 bridgehead atoms. The SMILES string of the molecule is CCc1c(C)cccc1C(C)C(N)C(=N)OC(N)=O. The first-order chi connectivity index (χ1) is 8.88. The molecular weight excluding hydrogens is 242 g/mol. The lowest BCUT2D eigenvalue weighted by atomic mass is 9.87. The summed E-state index contributed by atoms with van der Waals surface area (Å²) in [5.41, 5.74) is 14.3. The lowest BCUT2D eigenvalue weighted by molar-refractivity contribution is 0.204. The first-order valence-electron chi connectivity index (χ1n) is 6.28. The molecule has 5 heteroatoms. The maximum atomic E-state index is 10.7. The number of aryl methyl sites for hydroxylation is 1. The van der Waals surface area contributed by atoms with Gasteiger partial charge in [0.25, 0.3) is 0 Å². The van der Waals surface area contributed by atoms with Crippen LogP contribution in [0.3, 0.4) is 0 Å². The molecule has 19 heavy (non-hydrogen) atoms. The molecule has 1 rings (SSSR count). The Morgan fingerprint density at radius 2 is 2.11 bits per heavy atom. The van der Waals surface area contributed by atoms with Crippen LogP contribution in [0.1, 0.15) is 36.5 Å². The Labute approximate surface area is 113 Å². The van der Waals surface area contributed by atoms with Crippen molar-refractivity contribution in [3.8, 4) is 0 Å². The Bertz CT molecular complexity index is 486. The maximum absolute atomic E-state index is 10.7. The quantitative estimate of drug-likeness (QED) is 0.572. The van der Waals surface area contributed by atoms with Gasteiger partial charge in [-0.1, -0.05) is 32.0 Å². The second-order valence-electron chi connectivity index (χ2n) is 4.60. The minimum atomic E-state index is -1.01. The highest BCUT2D eigenvalue weighted by molar-refractivity contribution is 5.89. The van der Waals surface area contributed by atoms with E-state index in [1.807, 2.05) is 32.0 Å². The second kappa shape index (κ2) is 6.33. The van der Waals surface area contributed by atoms with Gasteiger partial charge in [-0.05, 0) is 30.0 Å². The van der Waals surface area contributed by atoms with Gasteiger partial charge in [-0.15, -0.1) is 0 Å². The summed E-state index contributed by atoms with van der Waals surface area (Å²) in [7, 11) is 0. The second-order valence-corrected chi connectivity index (χ2v) is 4.60. The molecule has 0 heterocycles. The molecule has 2 atom stereocenters. The number of rotatable bonds is 4. The molecule has 2 unspecified atom stereocenters. The van der Waals surface area contributed by atoms with E-state index in [0.717, 1.165) is 12.0 Å². The first-order valence-corrected chi connectivity index (χ1v) is 6.28. The number of primary amides is 1. The lowest BCUT2D eigenvalue weighted by Crippen LogP contribution is -2.39. The molecule has 5 nitrogen and oxygen atoms in total. The van der Waals surface area contributed by atoms with Crippen LogP contribution < -0.4 is 11.5 Å². The zero-order valence-electron chi connectivity index (χ0n) is 11.6. The van der Waals surface area contributed by atoms with E-state index >= 15 is 0 Å².